The summed E-state index contributed by atoms with van der Waals surface area (Å²) in [4.78, 5) is 0. The minimum atomic E-state index is -0.499. The highest BCUT2D eigenvalue weighted by molar-refractivity contribution is 5.00. The molecule has 0 aliphatic carbocycles. The molecule has 0 spiro atoms. The average molecular weight is 139 g/mol. The molecule has 0 saturated heterocycles. The van der Waals surface area contributed by atoms with Gasteiger partial charge < -0.3 is 0 Å². The highest BCUT2D eigenvalue weighted by Gasteiger charge is 2.08. The predicted octanol–water partition coefficient (Wildman–Crippen LogP) is 2.57. The molecule has 0 aliphatic rings. The first-order chi connectivity index (χ1) is 4.72. The van der Waals surface area contributed by atoms with Crippen molar-refractivity contribution in [3.63, 3.8) is 0 Å². The number of hydrogen-bond donors (Lipinski definition) is 0. The minimum absolute atomic E-state index is 0.165. The van der Waals surface area contributed by atoms with Crippen molar-refractivity contribution in [3.05, 3.63) is 24.8 Å². The normalized spacial score (nSPS) is 17.1. The summed E-state index contributed by atoms with van der Waals surface area (Å²) in [6, 6.07) is 0. The number of rotatable bonds is 4. The Bertz CT molecular complexity index is 114. The van der Waals surface area contributed by atoms with E-state index in [1.807, 2.05) is 19.1 Å². The van der Waals surface area contributed by atoms with E-state index in [0.29, 0.717) is 0 Å². The quantitative estimate of drug-likeness (QED) is 0.533. The van der Waals surface area contributed by atoms with Crippen LogP contribution in [0.15, 0.2) is 24.8 Å². The maximum atomic E-state index is 10.9. The van der Waals surface area contributed by atoms with Crippen LogP contribution in [0.1, 0.15) is 20.3 Å². The molecule has 0 bridgehead atoms. The summed E-state index contributed by atoms with van der Waals surface area (Å²) in [5.74, 6) is 0.165. The number of allylic oxidation sites excluding steroid dienone is 2. The first-order valence-corrected chi connectivity index (χ1v) is 3.67. The second-order valence-corrected chi connectivity index (χ2v) is 2.40. The first-order valence-electron chi connectivity index (χ1n) is 3.67. The molecule has 0 unspecified atom stereocenters. The molecule has 57 valence electrons. The van der Waals surface area contributed by atoms with Crippen molar-refractivity contribution in [1.29, 1.82) is 0 Å². The molecular weight excluding hydrogens is 124 g/mol. The molecule has 0 rings (SSSR count). The zero-order chi connectivity index (χ0) is 7.98. The van der Waals surface area contributed by atoms with Crippen molar-refractivity contribution in [2.75, 3.05) is 0 Å². The summed E-state index contributed by atoms with van der Waals surface area (Å²) in [5.41, 5.74) is 0. The van der Waals surface area contributed by atoms with Gasteiger partial charge in [0.25, 0.3) is 0 Å². The van der Waals surface area contributed by atoms with Crippen LogP contribution in [-0.4, -0.2) is 6.10 Å². The Labute approximate surface area is 63.1 Å². The molecule has 0 aliphatic heterocycles. The van der Waals surface area contributed by atoms with Gasteiger partial charge in [0, 0.05) is 5.92 Å². The fourth-order valence-corrected chi connectivity index (χ4v) is 0.846. The van der Waals surface area contributed by atoms with E-state index in [0.717, 1.165) is 6.42 Å². The van der Waals surface area contributed by atoms with Crippen LogP contribution in [0.3, 0.4) is 0 Å². The van der Waals surface area contributed by atoms with Crippen molar-refractivity contribution < 1.29 is 5.11 Å². The van der Waals surface area contributed by atoms with E-state index in [1.165, 1.54) is 0 Å². The number of hydrogen-bond acceptors (Lipinski definition) is 0. The maximum Gasteiger partial charge on any atom is 0.0964 e. The first kappa shape index (κ1) is 9.44. The Balaban J connectivity index is 3.82. The van der Waals surface area contributed by atoms with E-state index >= 15 is 0 Å². The largest absolute Gasteiger partial charge is 0.233 e. The second-order valence-electron chi connectivity index (χ2n) is 2.40. The van der Waals surface area contributed by atoms with Crippen molar-refractivity contribution in [2.24, 2.45) is 5.92 Å². The van der Waals surface area contributed by atoms with E-state index in [-0.39, 0.29) is 5.92 Å². The van der Waals surface area contributed by atoms with Gasteiger partial charge in [-0.2, -0.15) is 0 Å². The van der Waals surface area contributed by atoms with Crippen LogP contribution < -0.4 is 0 Å². The van der Waals surface area contributed by atoms with Crippen molar-refractivity contribution in [1.82, 2.24) is 0 Å². The maximum absolute atomic E-state index is 10.9. The third kappa shape index (κ3) is 3.46. The fraction of sp³-hybridized carbons (Fsp3) is 0.556. The van der Waals surface area contributed by atoms with Crippen molar-refractivity contribution >= 4 is 0 Å². The van der Waals surface area contributed by atoms with Crippen molar-refractivity contribution in [3.8, 4) is 0 Å². The van der Waals surface area contributed by atoms with Crippen molar-refractivity contribution in [2.45, 2.75) is 26.4 Å². The zero-order valence-electron chi connectivity index (χ0n) is 6.71. The van der Waals surface area contributed by atoms with Gasteiger partial charge in [-0.25, -0.2) is 5.11 Å². The Morgan fingerprint density at radius 3 is 2.50 bits per heavy atom. The van der Waals surface area contributed by atoms with Gasteiger partial charge in [-0.05, 0) is 13.3 Å². The second kappa shape index (κ2) is 5.24. The third-order valence-electron chi connectivity index (χ3n) is 1.57. The van der Waals surface area contributed by atoms with Gasteiger partial charge in [0.05, 0.1) is 6.10 Å². The predicted molar refractivity (Wildman–Crippen MR) is 43.3 cm³/mol. The summed E-state index contributed by atoms with van der Waals surface area (Å²) >= 11 is 0. The summed E-state index contributed by atoms with van der Waals surface area (Å²) in [6.07, 6.45) is 5.87. The zero-order valence-corrected chi connectivity index (χ0v) is 6.71. The van der Waals surface area contributed by atoms with E-state index in [1.54, 1.807) is 13.0 Å². The van der Waals surface area contributed by atoms with Crippen LogP contribution in [0.4, 0.5) is 0 Å². The summed E-state index contributed by atoms with van der Waals surface area (Å²) in [6.45, 7) is 7.25. The Hall–Kier alpha value is -0.560. The van der Waals surface area contributed by atoms with Gasteiger partial charge in [-0.15, -0.1) is 0 Å². The summed E-state index contributed by atoms with van der Waals surface area (Å²) in [5, 5.41) is 10.9. The smallest absolute Gasteiger partial charge is 0.0964 e. The van der Waals surface area contributed by atoms with Crippen LogP contribution in [0.5, 0.6) is 0 Å². The monoisotopic (exact) mass is 139 g/mol. The van der Waals surface area contributed by atoms with Gasteiger partial charge in [0.2, 0.25) is 0 Å². The van der Waals surface area contributed by atoms with E-state index in [9.17, 15) is 5.11 Å². The van der Waals surface area contributed by atoms with Crippen LogP contribution in [0.25, 0.3) is 0 Å². The van der Waals surface area contributed by atoms with Gasteiger partial charge in [-0.1, -0.05) is 31.7 Å². The van der Waals surface area contributed by atoms with Gasteiger partial charge >= 0.3 is 0 Å². The molecule has 1 heteroatoms. The Morgan fingerprint density at radius 2 is 2.20 bits per heavy atom. The Kier molecular flexibility index (Phi) is 4.95. The standard InChI is InChI=1S/C9H15O/c1-4-6-7-9(5-2)8(3)10/h4,6-9H,1,5H2,2-3H3/b7-6+/t8-,9-/m1/s1. The lowest BCUT2D eigenvalue weighted by atomic mass is 10.0. The molecule has 10 heavy (non-hydrogen) atoms. The SMILES string of the molecule is C=C/C=C/[C@@H](CC)[C@@H](C)[O]. The summed E-state index contributed by atoms with van der Waals surface area (Å²) in [7, 11) is 0. The topological polar surface area (TPSA) is 19.9 Å². The minimum Gasteiger partial charge on any atom is -0.233 e. The molecule has 0 saturated carbocycles. The van der Waals surface area contributed by atoms with Crippen LogP contribution in [-0.2, 0) is 5.11 Å². The highest BCUT2D eigenvalue weighted by atomic mass is 16.3. The van der Waals surface area contributed by atoms with Gasteiger partial charge in [0.15, 0.2) is 0 Å². The molecule has 1 nitrogen and oxygen atoms in total. The Morgan fingerprint density at radius 1 is 1.60 bits per heavy atom. The molecule has 1 radical (unpaired) electrons. The lowest BCUT2D eigenvalue weighted by Crippen LogP contribution is -2.11. The molecule has 0 N–H and O–H groups in total. The molecule has 0 aromatic heterocycles. The lowest BCUT2D eigenvalue weighted by Gasteiger charge is -2.09. The molecule has 0 aromatic rings. The van der Waals surface area contributed by atoms with Gasteiger partial charge in [-0.3, -0.25) is 0 Å². The molecule has 0 fully saturated rings. The van der Waals surface area contributed by atoms with E-state index in [2.05, 4.69) is 6.58 Å². The van der Waals surface area contributed by atoms with E-state index in [4.69, 9.17) is 0 Å². The highest BCUT2D eigenvalue weighted by Crippen LogP contribution is 2.10. The van der Waals surface area contributed by atoms with Crippen LogP contribution in [0.2, 0.25) is 0 Å². The van der Waals surface area contributed by atoms with E-state index < -0.39 is 6.10 Å². The molecule has 0 aromatic carbocycles. The molecular formula is C9H15O. The molecule has 0 amide bonds. The van der Waals surface area contributed by atoms with Crippen LogP contribution >= 0.6 is 0 Å². The fourth-order valence-electron chi connectivity index (χ4n) is 0.846. The summed E-state index contributed by atoms with van der Waals surface area (Å²) < 4.78 is 0. The lowest BCUT2D eigenvalue weighted by molar-refractivity contribution is 0.0682. The molecule has 0 heterocycles. The molecule has 2 atom stereocenters. The average Bonchev–Trinajstić information content (AvgIpc) is 1.89. The van der Waals surface area contributed by atoms with Gasteiger partial charge in [0.1, 0.15) is 0 Å². The third-order valence-corrected chi connectivity index (χ3v) is 1.57. The van der Waals surface area contributed by atoms with Crippen LogP contribution in [0, 0.1) is 5.92 Å².